The summed E-state index contributed by atoms with van der Waals surface area (Å²) in [5.74, 6) is 0.518. The topological polar surface area (TPSA) is 12.5 Å². The summed E-state index contributed by atoms with van der Waals surface area (Å²) in [6, 6.07) is 0. The number of hydrogen-bond donors (Lipinski definition) is 1. The maximum Gasteiger partial charge on any atom is 0.0636 e. The molecule has 102 valence electrons. The van der Waals surface area contributed by atoms with E-state index in [9.17, 15) is 0 Å². The Morgan fingerprint density at radius 3 is 2.24 bits per heavy atom. The predicted molar refractivity (Wildman–Crippen MR) is 77.4 cm³/mol. The fraction of sp³-hybridized carbons (Fsp3) is 1.00. The van der Waals surface area contributed by atoms with E-state index in [0.717, 1.165) is 25.9 Å². The Labute approximate surface area is 113 Å². The van der Waals surface area contributed by atoms with Crippen LogP contribution in [0.3, 0.4) is 0 Å². The Hall–Kier alpha value is 0.270. The van der Waals surface area contributed by atoms with Crippen molar-refractivity contribution in [2.75, 3.05) is 6.61 Å². The van der Waals surface area contributed by atoms with Crippen molar-refractivity contribution < 1.29 is 4.74 Å². The van der Waals surface area contributed by atoms with Crippen LogP contribution in [0.1, 0.15) is 60.8 Å². The highest BCUT2D eigenvalue weighted by Gasteiger charge is 2.51. The van der Waals surface area contributed by atoms with Crippen LogP contribution < -0.4 is 0 Å². The molecule has 0 aliphatic carbocycles. The van der Waals surface area contributed by atoms with Crippen molar-refractivity contribution in [3.63, 3.8) is 0 Å². The molecule has 1 heterocycles. The lowest BCUT2D eigenvalue weighted by molar-refractivity contribution is -0.109. The molecule has 0 radical (unpaired) electrons. The van der Waals surface area contributed by atoms with Gasteiger partial charge in [-0.2, -0.15) is 0 Å². The maximum absolute atomic E-state index is 5.98. The van der Waals surface area contributed by atoms with E-state index in [-0.39, 0.29) is 11.1 Å². The molecule has 0 aromatic heterocycles. The molecule has 0 bridgehead atoms. The van der Waals surface area contributed by atoms with Gasteiger partial charge in [-0.15, -0.1) is 0 Å². The van der Waals surface area contributed by atoms with Crippen LogP contribution >= 0.6 is 12.8 Å². The minimum atomic E-state index is 0.117. The van der Waals surface area contributed by atoms with Crippen molar-refractivity contribution >= 4 is 12.8 Å². The lowest BCUT2D eigenvalue weighted by Crippen LogP contribution is -2.64. The highest BCUT2D eigenvalue weighted by molar-refractivity contribution is 7.77. The fourth-order valence-corrected chi connectivity index (χ4v) is 3.64. The Morgan fingerprint density at radius 2 is 1.82 bits per heavy atom. The van der Waals surface area contributed by atoms with E-state index in [0.29, 0.717) is 12.0 Å². The summed E-state index contributed by atoms with van der Waals surface area (Å²) in [5.41, 5.74) is 0.256. The standard InChI is InChI=1S/C14H29NOS/c1-7-13(5)10-12(16-9-3)11(4)14(6,8-2)15(13)17/h11-12,17H,7-10H2,1-6H3. The molecule has 2 nitrogen and oxygen atoms in total. The van der Waals surface area contributed by atoms with E-state index in [1.807, 2.05) is 0 Å². The molecule has 1 saturated heterocycles. The fourth-order valence-electron chi connectivity index (χ4n) is 3.09. The molecule has 1 fully saturated rings. The van der Waals surface area contributed by atoms with Gasteiger partial charge in [0.05, 0.1) is 6.10 Å². The highest BCUT2D eigenvalue weighted by Crippen LogP contribution is 2.47. The number of ether oxygens (including phenoxy) is 1. The van der Waals surface area contributed by atoms with Gasteiger partial charge in [0.25, 0.3) is 0 Å². The number of nitrogens with zero attached hydrogens (tertiary/aromatic N) is 1. The van der Waals surface area contributed by atoms with Crippen molar-refractivity contribution in [3.05, 3.63) is 0 Å². The van der Waals surface area contributed by atoms with Crippen molar-refractivity contribution in [1.29, 1.82) is 0 Å². The predicted octanol–water partition coefficient (Wildman–Crippen LogP) is 3.92. The highest BCUT2D eigenvalue weighted by atomic mass is 32.1. The van der Waals surface area contributed by atoms with Crippen molar-refractivity contribution in [2.24, 2.45) is 5.92 Å². The molecule has 0 N–H and O–H groups in total. The zero-order chi connectivity index (χ0) is 13.3. The molecule has 0 aromatic carbocycles. The van der Waals surface area contributed by atoms with E-state index in [1.54, 1.807) is 0 Å². The third-order valence-corrected chi connectivity index (χ3v) is 5.97. The summed E-state index contributed by atoms with van der Waals surface area (Å²) in [6.45, 7) is 14.3. The van der Waals surface area contributed by atoms with Gasteiger partial charge >= 0.3 is 0 Å². The molecule has 1 aliphatic rings. The summed E-state index contributed by atoms with van der Waals surface area (Å²) in [7, 11) is 0. The quantitative estimate of drug-likeness (QED) is 0.768. The zero-order valence-electron chi connectivity index (χ0n) is 12.3. The van der Waals surface area contributed by atoms with Gasteiger partial charge in [-0.25, -0.2) is 4.31 Å². The minimum Gasteiger partial charge on any atom is -0.378 e. The second-order valence-corrected chi connectivity index (χ2v) is 6.26. The first-order valence-electron chi connectivity index (χ1n) is 6.96. The zero-order valence-corrected chi connectivity index (χ0v) is 13.2. The molecule has 0 saturated carbocycles. The van der Waals surface area contributed by atoms with Crippen LogP contribution in [0.5, 0.6) is 0 Å². The Balaban J connectivity index is 3.04. The summed E-state index contributed by atoms with van der Waals surface area (Å²) < 4.78 is 8.28. The van der Waals surface area contributed by atoms with Crippen LogP contribution in [0.25, 0.3) is 0 Å². The van der Waals surface area contributed by atoms with Gasteiger partial charge in [-0.05, 0) is 40.0 Å². The van der Waals surface area contributed by atoms with Gasteiger partial charge < -0.3 is 4.74 Å². The average molecular weight is 259 g/mol. The molecular weight excluding hydrogens is 230 g/mol. The SMILES string of the molecule is CCOC1CC(C)(CC)N(S)C(C)(CC)C1C. The molecule has 4 atom stereocenters. The number of piperidine rings is 1. The minimum absolute atomic E-state index is 0.117. The number of thiol groups is 1. The molecule has 0 spiro atoms. The van der Waals surface area contributed by atoms with Gasteiger partial charge in [-0.3, -0.25) is 0 Å². The Morgan fingerprint density at radius 1 is 1.24 bits per heavy atom. The molecule has 1 aliphatic heterocycles. The first kappa shape index (κ1) is 15.3. The van der Waals surface area contributed by atoms with Gasteiger partial charge in [0.2, 0.25) is 0 Å². The van der Waals surface area contributed by atoms with E-state index in [1.165, 1.54) is 0 Å². The first-order valence-corrected chi connectivity index (χ1v) is 7.36. The van der Waals surface area contributed by atoms with Crippen molar-refractivity contribution in [2.45, 2.75) is 78.0 Å². The van der Waals surface area contributed by atoms with E-state index < -0.39 is 0 Å². The van der Waals surface area contributed by atoms with Crippen LogP contribution in [0.2, 0.25) is 0 Å². The first-order chi connectivity index (χ1) is 7.85. The maximum atomic E-state index is 5.98. The lowest BCUT2D eigenvalue weighted by atomic mass is 9.70. The monoisotopic (exact) mass is 259 g/mol. The summed E-state index contributed by atoms with van der Waals surface area (Å²) in [5, 5.41) is 0. The Kier molecular flexibility index (Phi) is 4.96. The van der Waals surface area contributed by atoms with Crippen LogP contribution in [-0.2, 0) is 4.74 Å². The van der Waals surface area contributed by atoms with Gasteiger partial charge in [0, 0.05) is 23.6 Å². The van der Waals surface area contributed by atoms with E-state index in [2.05, 4.69) is 45.8 Å². The Bertz CT molecular complexity index is 261. The second-order valence-electron chi connectivity index (χ2n) is 5.86. The third-order valence-electron chi connectivity index (χ3n) is 5.03. The summed E-state index contributed by atoms with van der Waals surface area (Å²) in [6.07, 6.45) is 3.66. The van der Waals surface area contributed by atoms with E-state index in [4.69, 9.17) is 17.6 Å². The molecule has 17 heavy (non-hydrogen) atoms. The molecular formula is C14H29NOS. The van der Waals surface area contributed by atoms with Crippen molar-refractivity contribution in [3.8, 4) is 0 Å². The molecule has 0 amide bonds. The largest absolute Gasteiger partial charge is 0.378 e. The van der Waals surface area contributed by atoms with Gasteiger partial charge in [0.1, 0.15) is 0 Å². The molecule has 0 aromatic rings. The molecule has 3 heteroatoms. The number of rotatable bonds is 4. The van der Waals surface area contributed by atoms with Gasteiger partial charge in [0.15, 0.2) is 0 Å². The summed E-state index contributed by atoms with van der Waals surface area (Å²) in [4.78, 5) is 0. The molecule has 4 unspecified atom stereocenters. The molecule has 1 rings (SSSR count). The van der Waals surface area contributed by atoms with Crippen LogP contribution in [0, 0.1) is 5.92 Å². The third kappa shape index (κ3) is 2.52. The van der Waals surface area contributed by atoms with Crippen LogP contribution in [-0.4, -0.2) is 28.1 Å². The smallest absolute Gasteiger partial charge is 0.0636 e. The normalized spacial score (nSPS) is 43.9. The number of hydrogen-bond acceptors (Lipinski definition) is 3. The summed E-state index contributed by atoms with van der Waals surface area (Å²) >= 11 is 4.83. The van der Waals surface area contributed by atoms with Gasteiger partial charge in [-0.1, -0.05) is 33.6 Å². The second kappa shape index (κ2) is 5.50. The van der Waals surface area contributed by atoms with Crippen LogP contribution in [0.15, 0.2) is 0 Å². The van der Waals surface area contributed by atoms with E-state index >= 15 is 0 Å². The van der Waals surface area contributed by atoms with Crippen molar-refractivity contribution in [1.82, 2.24) is 4.31 Å². The average Bonchev–Trinajstić information content (AvgIpc) is 2.33. The lowest BCUT2D eigenvalue weighted by Gasteiger charge is -2.58. The van der Waals surface area contributed by atoms with Crippen LogP contribution in [0.4, 0.5) is 0 Å².